The molecule has 0 radical (unpaired) electrons. The Labute approximate surface area is 126 Å². The van der Waals surface area contributed by atoms with Crippen molar-refractivity contribution in [3.05, 3.63) is 12.7 Å². The molecule has 8 nitrogen and oxygen atoms in total. The van der Waals surface area contributed by atoms with Gasteiger partial charge in [0.25, 0.3) is 10.1 Å². The van der Waals surface area contributed by atoms with Crippen molar-refractivity contribution in [2.24, 2.45) is 17.8 Å². The first-order valence-corrected chi connectivity index (χ1v) is 8.16. The number of nitrogens with zero attached hydrogens (tertiary/aromatic N) is 1. The minimum absolute atomic E-state index is 0.326. The summed E-state index contributed by atoms with van der Waals surface area (Å²) < 4.78 is 38.8. The lowest BCUT2D eigenvalue weighted by Crippen LogP contribution is -2.43. The minimum Gasteiger partial charge on any atom is -0.458 e. The van der Waals surface area contributed by atoms with Crippen LogP contribution in [0.25, 0.3) is 0 Å². The monoisotopic (exact) mass is 327 g/mol. The molecule has 1 saturated heterocycles. The predicted molar refractivity (Wildman–Crippen MR) is 69.3 cm³/mol. The summed E-state index contributed by atoms with van der Waals surface area (Å²) in [7, 11) is -3.86. The number of rotatable bonds is 4. The van der Waals surface area contributed by atoms with Crippen LogP contribution < -0.4 is 0 Å². The quantitative estimate of drug-likeness (QED) is 0.385. The van der Waals surface area contributed by atoms with Crippen molar-refractivity contribution in [3.63, 3.8) is 0 Å². The number of hydrogen-bond donors (Lipinski definition) is 0. The second-order valence-electron chi connectivity index (χ2n) is 5.50. The zero-order valence-corrected chi connectivity index (χ0v) is 12.2. The SMILES string of the molecule is C=CC(=O)OCC(=O)OC1C2CC3C(OS(=O)(=O)C31)C2C#N. The minimum atomic E-state index is -3.86. The van der Waals surface area contributed by atoms with E-state index in [2.05, 4.69) is 11.3 Å². The van der Waals surface area contributed by atoms with Gasteiger partial charge in [-0.1, -0.05) is 6.58 Å². The van der Waals surface area contributed by atoms with Gasteiger partial charge in [-0.15, -0.1) is 0 Å². The van der Waals surface area contributed by atoms with Crippen LogP contribution in [0.5, 0.6) is 0 Å². The third-order valence-electron chi connectivity index (χ3n) is 4.44. The molecule has 0 spiro atoms. The highest BCUT2D eigenvalue weighted by Gasteiger charge is 2.70. The Morgan fingerprint density at radius 2 is 2.14 bits per heavy atom. The van der Waals surface area contributed by atoms with E-state index in [0.717, 1.165) is 6.08 Å². The molecule has 1 aliphatic heterocycles. The number of carbonyl (C=O) groups is 2. The van der Waals surface area contributed by atoms with Crippen LogP contribution >= 0.6 is 0 Å². The van der Waals surface area contributed by atoms with Gasteiger partial charge in [0.2, 0.25) is 0 Å². The molecule has 2 aliphatic carbocycles. The Balaban J connectivity index is 1.74. The first-order chi connectivity index (χ1) is 10.4. The van der Waals surface area contributed by atoms with Gasteiger partial charge >= 0.3 is 11.9 Å². The first kappa shape index (κ1) is 15.0. The lowest BCUT2D eigenvalue weighted by Gasteiger charge is -2.27. The third-order valence-corrected chi connectivity index (χ3v) is 6.22. The summed E-state index contributed by atoms with van der Waals surface area (Å²) in [5, 5.41) is 8.25. The van der Waals surface area contributed by atoms with Gasteiger partial charge in [0.1, 0.15) is 11.4 Å². The van der Waals surface area contributed by atoms with Gasteiger partial charge in [0.15, 0.2) is 6.61 Å². The van der Waals surface area contributed by atoms with Crippen molar-refractivity contribution in [1.82, 2.24) is 0 Å². The summed E-state index contributed by atoms with van der Waals surface area (Å²) in [5.41, 5.74) is 0. The summed E-state index contributed by atoms with van der Waals surface area (Å²) in [6.07, 6.45) is -0.208. The molecule has 3 aliphatic rings. The van der Waals surface area contributed by atoms with Crippen LogP contribution in [0.3, 0.4) is 0 Å². The molecule has 0 aromatic heterocycles. The van der Waals surface area contributed by atoms with Gasteiger partial charge in [-0.25, -0.2) is 9.59 Å². The lowest BCUT2D eigenvalue weighted by molar-refractivity contribution is -0.162. The fourth-order valence-corrected chi connectivity index (χ4v) is 5.66. The van der Waals surface area contributed by atoms with Crippen LogP contribution in [-0.4, -0.2) is 44.4 Å². The Bertz CT molecular complexity index is 679. The molecular formula is C13H13NO7S. The molecule has 9 heteroatoms. The number of nitriles is 1. The predicted octanol–water partition coefficient (Wildman–Crippen LogP) is -0.486. The lowest BCUT2D eigenvalue weighted by atomic mass is 9.85. The average molecular weight is 327 g/mol. The van der Waals surface area contributed by atoms with E-state index in [0.29, 0.717) is 6.42 Å². The van der Waals surface area contributed by atoms with Crippen LogP contribution in [0.15, 0.2) is 12.7 Å². The van der Waals surface area contributed by atoms with E-state index in [4.69, 9.17) is 8.92 Å². The van der Waals surface area contributed by atoms with Crippen LogP contribution in [0.1, 0.15) is 6.42 Å². The fraction of sp³-hybridized carbons (Fsp3) is 0.615. The number of ether oxygens (including phenoxy) is 2. The van der Waals surface area contributed by atoms with E-state index in [1.807, 2.05) is 6.07 Å². The van der Waals surface area contributed by atoms with Gasteiger partial charge in [-0.05, 0) is 6.42 Å². The van der Waals surface area contributed by atoms with Crippen molar-refractivity contribution < 1.29 is 31.7 Å². The molecule has 6 unspecified atom stereocenters. The Hall–Kier alpha value is -1.92. The van der Waals surface area contributed by atoms with Crippen LogP contribution in [0.2, 0.25) is 0 Å². The Morgan fingerprint density at radius 1 is 1.41 bits per heavy atom. The number of esters is 2. The van der Waals surface area contributed by atoms with E-state index >= 15 is 0 Å². The molecule has 3 fully saturated rings. The largest absolute Gasteiger partial charge is 0.458 e. The highest BCUT2D eigenvalue weighted by Crippen LogP contribution is 2.58. The molecule has 0 amide bonds. The summed E-state index contributed by atoms with van der Waals surface area (Å²) in [4.78, 5) is 22.6. The zero-order valence-electron chi connectivity index (χ0n) is 11.4. The van der Waals surface area contributed by atoms with E-state index in [1.165, 1.54) is 0 Å². The van der Waals surface area contributed by atoms with E-state index < -0.39 is 52.0 Å². The Morgan fingerprint density at radius 3 is 2.77 bits per heavy atom. The van der Waals surface area contributed by atoms with Gasteiger partial charge in [-0.3, -0.25) is 4.18 Å². The summed E-state index contributed by atoms with van der Waals surface area (Å²) in [6, 6.07) is 2.04. The van der Waals surface area contributed by atoms with E-state index in [-0.39, 0.29) is 11.8 Å². The number of hydrogen-bond acceptors (Lipinski definition) is 8. The maximum absolute atomic E-state index is 12.0. The van der Waals surface area contributed by atoms with E-state index in [1.54, 1.807) is 0 Å². The highest BCUT2D eigenvalue weighted by atomic mass is 32.2. The summed E-state index contributed by atoms with van der Waals surface area (Å²) in [6.45, 7) is 2.55. The smallest absolute Gasteiger partial charge is 0.344 e. The zero-order chi connectivity index (χ0) is 16.1. The van der Waals surface area contributed by atoms with Crippen molar-refractivity contribution >= 4 is 22.1 Å². The standard InChI is InChI=1S/C13H13NO7S/c1-2-9(15)19-5-10(16)20-12-6-3-7-11(8(6)4-14)21-22(17,18)13(7)12/h2,6-8,11-13H,1,3,5H2. The first-order valence-electron chi connectivity index (χ1n) is 6.69. The highest BCUT2D eigenvalue weighted by molar-refractivity contribution is 7.87. The fourth-order valence-electron chi connectivity index (χ4n) is 3.68. The topological polar surface area (TPSA) is 120 Å². The molecule has 2 saturated carbocycles. The van der Waals surface area contributed by atoms with Gasteiger partial charge in [-0.2, -0.15) is 13.7 Å². The number of carbonyl (C=O) groups excluding carboxylic acids is 2. The van der Waals surface area contributed by atoms with Crippen LogP contribution in [0, 0.1) is 29.1 Å². The Kier molecular flexibility index (Phi) is 3.45. The van der Waals surface area contributed by atoms with Crippen LogP contribution in [-0.2, 0) is 33.4 Å². The van der Waals surface area contributed by atoms with Crippen molar-refractivity contribution in [3.8, 4) is 6.07 Å². The second kappa shape index (κ2) is 5.07. The molecule has 0 N–H and O–H groups in total. The molecule has 22 heavy (non-hydrogen) atoms. The van der Waals surface area contributed by atoms with Gasteiger partial charge in [0, 0.05) is 17.9 Å². The van der Waals surface area contributed by atoms with Crippen LogP contribution in [0.4, 0.5) is 0 Å². The summed E-state index contributed by atoms with van der Waals surface area (Å²) >= 11 is 0. The van der Waals surface area contributed by atoms with E-state index in [9.17, 15) is 23.3 Å². The number of fused-ring (bicyclic) bond motifs is 1. The maximum atomic E-state index is 12.0. The van der Waals surface area contributed by atoms with Gasteiger partial charge in [0.05, 0.1) is 18.1 Å². The molecule has 3 rings (SSSR count). The molecule has 1 heterocycles. The second-order valence-corrected chi connectivity index (χ2v) is 7.23. The molecule has 2 bridgehead atoms. The molecule has 0 aromatic carbocycles. The van der Waals surface area contributed by atoms with Crippen molar-refractivity contribution in [1.29, 1.82) is 5.26 Å². The van der Waals surface area contributed by atoms with Crippen molar-refractivity contribution in [2.75, 3.05) is 6.61 Å². The summed E-state index contributed by atoms with van der Waals surface area (Å²) in [5.74, 6) is -2.96. The normalized spacial score (nSPS) is 40.0. The average Bonchev–Trinajstić information content (AvgIpc) is 3.05. The third kappa shape index (κ3) is 2.10. The maximum Gasteiger partial charge on any atom is 0.344 e. The van der Waals surface area contributed by atoms with Crippen molar-refractivity contribution in [2.45, 2.75) is 23.9 Å². The van der Waals surface area contributed by atoms with Gasteiger partial charge < -0.3 is 9.47 Å². The molecule has 6 atom stereocenters. The molecule has 0 aromatic rings. The molecular weight excluding hydrogens is 314 g/mol. The molecule has 118 valence electrons.